The van der Waals surface area contributed by atoms with E-state index in [2.05, 4.69) is 10.3 Å². The Hall–Kier alpha value is -2.93. The molecule has 0 radical (unpaired) electrons. The van der Waals surface area contributed by atoms with E-state index in [-0.39, 0.29) is 31.1 Å². The van der Waals surface area contributed by atoms with E-state index in [0.717, 1.165) is 24.1 Å². The number of hydrogen-bond donors (Lipinski definition) is 2. The van der Waals surface area contributed by atoms with Crippen molar-refractivity contribution in [2.75, 3.05) is 24.5 Å². The Kier molecular flexibility index (Phi) is 7.19. The molecule has 1 amide bonds. The molecule has 2 N–H and O–H groups in total. The highest BCUT2D eigenvalue weighted by molar-refractivity contribution is 5.81. The number of rotatable bonds is 10. The average molecular weight is 396 g/mol. The summed E-state index contributed by atoms with van der Waals surface area (Å²) in [5, 5.41) is 12.1. The van der Waals surface area contributed by atoms with Gasteiger partial charge in [0.2, 0.25) is 5.91 Å². The van der Waals surface area contributed by atoms with Gasteiger partial charge in [-0.1, -0.05) is 31.2 Å². The van der Waals surface area contributed by atoms with Crippen molar-refractivity contribution in [3.8, 4) is 0 Å². The van der Waals surface area contributed by atoms with Gasteiger partial charge in [-0.15, -0.1) is 0 Å². The highest BCUT2D eigenvalue weighted by atomic mass is 16.4. The normalized spacial score (nSPS) is 18.1. The van der Waals surface area contributed by atoms with Crippen molar-refractivity contribution < 1.29 is 14.7 Å². The number of nitrogens with one attached hydrogen (secondary N) is 1. The number of carbonyl (C=O) groups is 2. The first-order valence-corrected chi connectivity index (χ1v) is 9.99. The summed E-state index contributed by atoms with van der Waals surface area (Å²) < 4.78 is 0. The number of aromatic nitrogens is 1. The molecular formula is C22H28N4O3. The van der Waals surface area contributed by atoms with E-state index in [1.165, 1.54) is 0 Å². The van der Waals surface area contributed by atoms with E-state index >= 15 is 0 Å². The smallest absolute Gasteiger partial charge is 0.317 e. The van der Waals surface area contributed by atoms with Crippen molar-refractivity contribution in [3.63, 3.8) is 0 Å². The Morgan fingerprint density at radius 2 is 1.90 bits per heavy atom. The molecule has 0 unspecified atom stereocenters. The number of amides is 1. The molecule has 0 saturated heterocycles. The van der Waals surface area contributed by atoms with Gasteiger partial charge < -0.3 is 15.3 Å². The number of aliphatic carboxylic acids is 1. The Morgan fingerprint density at radius 3 is 2.52 bits per heavy atom. The van der Waals surface area contributed by atoms with Crippen molar-refractivity contribution in [2.45, 2.75) is 38.4 Å². The second-order valence-corrected chi connectivity index (χ2v) is 7.40. The quantitative estimate of drug-likeness (QED) is 0.640. The van der Waals surface area contributed by atoms with Crippen LogP contribution < -0.4 is 10.2 Å². The highest BCUT2D eigenvalue weighted by Crippen LogP contribution is 2.25. The second-order valence-electron chi connectivity index (χ2n) is 7.40. The summed E-state index contributed by atoms with van der Waals surface area (Å²) in [4.78, 5) is 31.8. The van der Waals surface area contributed by atoms with E-state index in [4.69, 9.17) is 5.11 Å². The Labute approximate surface area is 171 Å². The fourth-order valence-corrected chi connectivity index (χ4v) is 3.71. The second kappa shape index (κ2) is 10.0. The number of pyridine rings is 1. The summed E-state index contributed by atoms with van der Waals surface area (Å²) in [6, 6.07) is 14.1. The lowest BCUT2D eigenvalue weighted by molar-refractivity contribution is -0.139. The molecule has 1 saturated carbocycles. The fourth-order valence-electron chi connectivity index (χ4n) is 3.71. The van der Waals surface area contributed by atoms with Crippen LogP contribution in [0.3, 0.4) is 0 Å². The number of nitrogens with zero attached hydrogens (tertiary/aromatic N) is 3. The number of carboxylic acid groups (broad SMARTS) is 1. The fraction of sp³-hybridized carbons (Fsp3) is 0.409. The molecule has 1 fully saturated rings. The minimum atomic E-state index is -0.812. The molecule has 0 atom stereocenters. The lowest BCUT2D eigenvalue weighted by Crippen LogP contribution is -2.56. The first-order valence-electron chi connectivity index (χ1n) is 9.99. The van der Waals surface area contributed by atoms with Gasteiger partial charge in [0.1, 0.15) is 0 Å². The monoisotopic (exact) mass is 396 g/mol. The van der Waals surface area contributed by atoms with Gasteiger partial charge in [0.25, 0.3) is 0 Å². The number of likely N-dealkylation sites (N-methyl/N-ethyl adjacent to an activating group) is 1. The third-order valence-electron chi connectivity index (χ3n) is 5.29. The van der Waals surface area contributed by atoms with Crippen molar-refractivity contribution in [1.82, 2.24) is 15.2 Å². The van der Waals surface area contributed by atoms with Crippen LogP contribution in [0.5, 0.6) is 0 Å². The van der Waals surface area contributed by atoms with Crippen molar-refractivity contribution >= 4 is 17.6 Å². The molecule has 1 aliphatic carbocycles. The molecule has 7 heteroatoms. The standard InChI is InChI=1S/C22H28N4O3/c1-2-25(16-22(28)29)20-11-18(12-20)24-21(27)15-26(19-8-4-3-5-9-19)14-17-7-6-10-23-13-17/h3-10,13,18,20H,2,11-12,14-16H2,1H3,(H,24,27)(H,28,29). The number of hydrogen-bond acceptors (Lipinski definition) is 5. The lowest BCUT2D eigenvalue weighted by atomic mass is 9.85. The molecule has 1 heterocycles. The molecule has 7 nitrogen and oxygen atoms in total. The Balaban J connectivity index is 1.55. The van der Waals surface area contributed by atoms with E-state index in [1.807, 2.05) is 65.4 Å². The maximum atomic E-state index is 12.7. The zero-order valence-electron chi connectivity index (χ0n) is 16.7. The zero-order valence-corrected chi connectivity index (χ0v) is 16.7. The van der Waals surface area contributed by atoms with Gasteiger partial charge in [-0.25, -0.2) is 0 Å². The van der Waals surface area contributed by atoms with Crippen LogP contribution in [0, 0.1) is 0 Å². The summed E-state index contributed by atoms with van der Waals surface area (Å²) in [7, 11) is 0. The summed E-state index contributed by atoms with van der Waals surface area (Å²) >= 11 is 0. The maximum Gasteiger partial charge on any atom is 0.317 e. The van der Waals surface area contributed by atoms with Crippen LogP contribution in [-0.2, 0) is 16.1 Å². The first-order chi connectivity index (χ1) is 14.0. The lowest BCUT2D eigenvalue weighted by Gasteiger charge is -2.42. The molecule has 29 heavy (non-hydrogen) atoms. The van der Waals surface area contributed by atoms with Gasteiger partial charge in [-0.2, -0.15) is 0 Å². The van der Waals surface area contributed by atoms with Crippen LogP contribution in [0.25, 0.3) is 0 Å². The number of anilines is 1. The molecule has 2 aromatic rings. The van der Waals surface area contributed by atoms with Crippen LogP contribution in [0.4, 0.5) is 5.69 Å². The van der Waals surface area contributed by atoms with Crippen LogP contribution >= 0.6 is 0 Å². The largest absolute Gasteiger partial charge is 0.480 e. The van der Waals surface area contributed by atoms with Crippen LogP contribution in [0.2, 0.25) is 0 Å². The third kappa shape index (κ3) is 6.02. The number of carboxylic acids is 1. The molecule has 1 aromatic heterocycles. The molecular weight excluding hydrogens is 368 g/mol. The van der Waals surface area contributed by atoms with E-state index in [0.29, 0.717) is 13.1 Å². The summed E-state index contributed by atoms with van der Waals surface area (Å²) in [6.07, 6.45) is 5.13. The molecule has 1 aliphatic rings. The highest BCUT2D eigenvalue weighted by Gasteiger charge is 2.34. The SMILES string of the molecule is CCN(CC(=O)O)C1CC(NC(=O)CN(Cc2cccnc2)c2ccccc2)C1. The summed E-state index contributed by atoms with van der Waals surface area (Å²) in [6.45, 7) is 3.57. The van der Waals surface area contributed by atoms with E-state index in [9.17, 15) is 9.59 Å². The number of benzene rings is 1. The zero-order chi connectivity index (χ0) is 20.6. The third-order valence-corrected chi connectivity index (χ3v) is 5.29. The van der Waals surface area contributed by atoms with Gasteiger partial charge in [0.15, 0.2) is 0 Å². The molecule has 0 bridgehead atoms. The predicted octanol–water partition coefficient (Wildman–Crippen LogP) is 2.14. The van der Waals surface area contributed by atoms with Crippen LogP contribution in [-0.4, -0.2) is 58.6 Å². The van der Waals surface area contributed by atoms with E-state index in [1.54, 1.807) is 6.20 Å². The molecule has 3 rings (SSSR count). The minimum Gasteiger partial charge on any atom is -0.480 e. The van der Waals surface area contributed by atoms with Crippen LogP contribution in [0.1, 0.15) is 25.3 Å². The van der Waals surface area contributed by atoms with Gasteiger partial charge >= 0.3 is 5.97 Å². The molecule has 1 aromatic carbocycles. The van der Waals surface area contributed by atoms with Gasteiger partial charge in [0, 0.05) is 36.7 Å². The number of para-hydroxylation sites is 1. The average Bonchev–Trinajstić information content (AvgIpc) is 2.69. The maximum absolute atomic E-state index is 12.7. The Bertz CT molecular complexity index is 794. The topological polar surface area (TPSA) is 85.8 Å². The van der Waals surface area contributed by atoms with Gasteiger partial charge in [0.05, 0.1) is 13.1 Å². The van der Waals surface area contributed by atoms with Gasteiger partial charge in [-0.3, -0.25) is 19.5 Å². The molecule has 0 spiro atoms. The minimum absolute atomic E-state index is 0.0255. The molecule has 154 valence electrons. The Morgan fingerprint density at radius 1 is 1.14 bits per heavy atom. The van der Waals surface area contributed by atoms with Gasteiger partial charge in [-0.05, 0) is 43.1 Å². The summed E-state index contributed by atoms with van der Waals surface area (Å²) in [5.74, 6) is -0.837. The van der Waals surface area contributed by atoms with Crippen LogP contribution in [0.15, 0.2) is 54.9 Å². The number of carbonyl (C=O) groups excluding carboxylic acids is 1. The van der Waals surface area contributed by atoms with Crippen molar-refractivity contribution in [3.05, 3.63) is 60.4 Å². The molecule has 0 aliphatic heterocycles. The van der Waals surface area contributed by atoms with E-state index < -0.39 is 5.97 Å². The predicted molar refractivity (Wildman–Crippen MR) is 112 cm³/mol. The summed E-state index contributed by atoms with van der Waals surface area (Å²) in [5.41, 5.74) is 2.02. The first kappa shape index (κ1) is 20.8. The van der Waals surface area contributed by atoms with Crippen molar-refractivity contribution in [1.29, 1.82) is 0 Å². The van der Waals surface area contributed by atoms with Crippen molar-refractivity contribution in [2.24, 2.45) is 0 Å².